The first-order valence-electron chi connectivity index (χ1n) is 9.47. The van der Waals surface area contributed by atoms with Crippen LogP contribution in [0.25, 0.3) is 22.8 Å². The smallest absolute Gasteiger partial charge is 0.130 e. The average molecular weight is 342 g/mol. The molecule has 2 aromatic carbocycles. The normalized spacial score (nSPS) is 13.0. The van der Waals surface area contributed by atoms with E-state index in [2.05, 4.69) is 70.2 Å². The molecule has 1 heteroatoms. The molecule has 1 aliphatic rings. The van der Waals surface area contributed by atoms with Gasteiger partial charge in [-0.15, -0.1) is 0 Å². The molecule has 0 amide bonds. The zero-order valence-electron chi connectivity index (χ0n) is 16.4. The highest BCUT2D eigenvalue weighted by molar-refractivity contribution is 5.94. The minimum Gasteiger partial charge on any atom is -0.461 e. The van der Waals surface area contributed by atoms with Crippen molar-refractivity contribution in [2.24, 2.45) is 0 Å². The summed E-state index contributed by atoms with van der Waals surface area (Å²) in [6, 6.07) is 13.6. The maximum absolute atomic E-state index is 6.00. The first kappa shape index (κ1) is 16.9. The lowest BCUT2D eigenvalue weighted by molar-refractivity contribution is 0.518. The highest BCUT2D eigenvalue weighted by Gasteiger charge is 2.22. The van der Waals surface area contributed by atoms with Gasteiger partial charge < -0.3 is 4.42 Å². The van der Waals surface area contributed by atoms with E-state index >= 15 is 0 Å². The van der Waals surface area contributed by atoms with E-state index in [4.69, 9.17) is 4.42 Å². The Morgan fingerprint density at radius 2 is 1.65 bits per heavy atom. The van der Waals surface area contributed by atoms with Crippen LogP contribution in [-0.4, -0.2) is 0 Å². The van der Waals surface area contributed by atoms with Crippen molar-refractivity contribution in [1.29, 1.82) is 0 Å². The molecular weight excluding hydrogens is 316 g/mol. The molecule has 0 saturated carbocycles. The van der Waals surface area contributed by atoms with Gasteiger partial charge in [0, 0.05) is 6.42 Å². The lowest BCUT2D eigenvalue weighted by Gasteiger charge is -2.15. The van der Waals surface area contributed by atoms with E-state index in [0.29, 0.717) is 0 Å². The Hall–Kier alpha value is -2.54. The van der Waals surface area contributed by atoms with Gasteiger partial charge in [0.25, 0.3) is 0 Å². The fourth-order valence-electron chi connectivity index (χ4n) is 4.10. The highest BCUT2D eigenvalue weighted by Crippen LogP contribution is 2.40. The van der Waals surface area contributed by atoms with Gasteiger partial charge in [0.1, 0.15) is 11.5 Å². The zero-order valence-corrected chi connectivity index (χ0v) is 16.4. The van der Waals surface area contributed by atoms with Crippen LogP contribution in [0.15, 0.2) is 40.8 Å². The monoisotopic (exact) mass is 342 g/mol. The Kier molecular flexibility index (Phi) is 4.11. The first-order valence-corrected chi connectivity index (χ1v) is 9.47. The van der Waals surface area contributed by atoms with Gasteiger partial charge in [-0.3, -0.25) is 0 Å². The predicted octanol–water partition coefficient (Wildman–Crippen LogP) is 6.84. The van der Waals surface area contributed by atoms with Gasteiger partial charge in [-0.25, -0.2) is 0 Å². The van der Waals surface area contributed by atoms with Crippen LogP contribution in [0, 0.1) is 27.7 Å². The summed E-state index contributed by atoms with van der Waals surface area (Å²) < 4.78 is 6.00. The van der Waals surface area contributed by atoms with E-state index < -0.39 is 0 Å². The number of hydrogen-bond acceptors (Lipinski definition) is 1. The fraction of sp³-hybridized carbons (Fsp3) is 0.280. The van der Waals surface area contributed by atoms with E-state index in [0.717, 1.165) is 24.4 Å². The summed E-state index contributed by atoms with van der Waals surface area (Å²) in [5, 5.41) is 0. The molecule has 132 valence electrons. The summed E-state index contributed by atoms with van der Waals surface area (Å²) in [5.74, 6) is 2.03. The summed E-state index contributed by atoms with van der Waals surface area (Å²) in [4.78, 5) is 0. The topological polar surface area (TPSA) is 13.1 Å². The number of benzene rings is 2. The van der Waals surface area contributed by atoms with E-state index in [1.165, 1.54) is 50.1 Å². The molecule has 1 heterocycles. The van der Waals surface area contributed by atoms with Crippen LogP contribution in [0.4, 0.5) is 0 Å². The van der Waals surface area contributed by atoms with Gasteiger partial charge in [-0.1, -0.05) is 48.4 Å². The van der Waals surface area contributed by atoms with Crippen molar-refractivity contribution in [1.82, 2.24) is 0 Å². The maximum atomic E-state index is 6.00. The Labute approximate surface area is 156 Å². The number of allylic oxidation sites excluding steroid dienone is 1. The van der Waals surface area contributed by atoms with Crippen molar-refractivity contribution >= 4 is 11.6 Å². The number of aryl methyl sites for hydroxylation is 5. The molecule has 0 atom stereocenters. The van der Waals surface area contributed by atoms with Crippen molar-refractivity contribution in [2.45, 2.75) is 47.5 Å². The molecule has 0 N–H and O–H groups in total. The van der Waals surface area contributed by atoms with Crippen LogP contribution < -0.4 is 0 Å². The van der Waals surface area contributed by atoms with Gasteiger partial charge in [-0.2, -0.15) is 0 Å². The maximum Gasteiger partial charge on any atom is 0.130 e. The summed E-state index contributed by atoms with van der Waals surface area (Å²) in [7, 11) is 0. The van der Waals surface area contributed by atoms with E-state index in [1.54, 1.807) is 0 Å². The summed E-state index contributed by atoms with van der Waals surface area (Å²) in [6.45, 7) is 10.8. The molecule has 0 bridgehead atoms. The second-order valence-corrected chi connectivity index (χ2v) is 7.60. The summed E-state index contributed by atoms with van der Waals surface area (Å²) >= 11 is 0. The molecule has 4 rings (SSSR count). The Balaban J connectivity index is 1.90. The van der Waals surface area contributed by atoms with Crippen molar-refractivity contribution < 1.29 is 4.42 Å². The van der Waals surface area contributed by atoms with Crippen LogP contribution in [0.5, 0.6) is 0 Å². The van der Waals surface area contributed by atoms with Gasteiger partial charge in [0.2, 0.25) is 0 Å². The molecule has 0 aliphatic heterocycles. The van der Waals surface area contributed by atoms with Crippen molar-refractivity contribution in [3.05, 3.63) is 81.3 Å². The fourth-order valence-corrected chi connectivity index (χ4v) is 4.10. The minimum atomic E-state index is 0.948. The minimum absolute atomic E-state index is 0.948. The molecule has 26 heavy (non-hydrogen) atoms. The van der Waals surface area contributed by atoms with Crippen LogP contribution in [0.1, 0.15) is 51.8 Å². The van der Waals surface area contributed by atoms with Gasteiger partial charge in [0.05, 0.1) is 0 Å². The second kappa shape index (κ2) is 6.32. The molecule has 3 aromatic rings. The Bertz CT molecular complexity index is 991. The van der Waals surface area contributed by atoms with E-state index in [1.807, 2.05) is 6.92 Å². The van der Waals surface area contributed by atoms with Crippen LogP contribution in [-0.2, 0) is 12.8 Å². The third kappa shape index (κ3) is 2.82. The molecular formula is C25H26O. The summed E-state index contributed by atoms with van der Waals surface area (Å²) in [5.41, 5.74) is 12.1. The van der Waals surface area contributed by atoms with E-state index in [9.17, 15) is 0 Å². The molecule has 1 nitrogen and oxygen atoms in total. The number of fused-ring (bicyclic) bond motifs is 1. The predicted molar refractivity (Wildman–Crippen MR) is 110 cm³/mol. The van der Waals surface area contributed by atoms with Crippen molar-refractivity contribution in [3.8, 4) is 11.1 Å². The SMILES string of the molecule is CCc1ccc2c(c1-c1cc(C)cc(C)c1)C=C(c1cc(C)c(C)o1)C2. The zero-order chi connectivity index (χ0) is 18.4. The molecule has 1 aromatic heterocycles. The summed E-state index contributed by atoms with van der Waals surface area (Å²) in [6.07, 6.45) is 4.33. The highest BCUT2D eigenvalue weighted by atomic mass is 16.3. The molecule has 0 radical (unpaired) electrons. The molecule has 0 fully saturated rings. The van der Waals surface area contributed by atoms with E-state index in [-0.39, 0.29) is 0 Å². The van der Waals surface area contributed by atoms with Crippen LogP contribution in [0.2, 0.25) is 0 Å². The standard InChI is InChI=1S/C25H26O/c1-6-19-7-8-20-13-21(24-12-17(4)18(5)26-24)14-23(20)25(19)22-10-15(2)9-16(3)11-22/h7-12,14H,6,13H2,1-5H3. The lowest BCUT2D eigenvalue weighted by atomic mass is 9.89. The largest absolute Gasteiger partial charge is 0.461 e. The lowest BCUT2D eigenvalue weighted by Crippen LogP contribution is -1.95. The van der Waals surface area contributed by atoms with Gasteiger partial charge >= 0.3 is 0 Å². The Morgan fingerprint density at radius 1 is 0.923 bits per heavy atom. The molecule has 0 unspecified atom stereocenters. The average Bonchev–Trinajstić information content (AvgIpc) is 3.16. The van der Waals surface area contributed by atoms with Crippen LogP contribution in [0.3, 0.4) is 0 Å². The Morgan fingerprint density at radius 3 is 2.27 bits per heavy atom. The number of furan rings is 1. The van der Waals surface area contributed by atoms with Gasteiger partial charge in [0.15, 0.2) is 0 Å². The van der Waals surface area contributed by atoms with Gasteiger partial charge in [-0.05, 0) is 85.2 Å². The first-order chi connectivity index (χ1) is 12.5. The third-order valence-corrected chi connectivity index (χ3v) is 5.50. The molecule has 1 aliphatic carbocycles. The molecule has 0 saturated heterocycles. The molecule has 0 spiro atoms. The quantitative estimate of drug-likeness (QED) is 0.508. The third-order valence-electron chi connectivity index (χ3n) is 5.50. The number of hydrogen-bond donors (Lipinski definition) is 0. The number of rotatable bonds is 3. The van der Waals surface area contributed by atoms with Crippen molar-refractivity contribution in [3.63, 3.8) is 0 Å². The van der Waals surface area contributed by atoms with Crippen molar-refractivity contribution in [2.75, 3.05) is 0 Å². The van der Waals surface area contributed by atoms with Crippen LogP contribution >= 0.6 is 0 Å². The second-order valence-electron chi connectivity index (χ2n) is 7.60.